The van der Waals surface area contributed by atoms with Crippen LogP contribution in [-0.2, 0) is 17.8 Å². The molecule has 0 aliphatic rings. The zero-order valence-corrected chi connectivity index (χ0v) is 14.3. The smallest absolute Gasteiger partial charge is 0.340 e. The lowest BCUT2D eigenvalue weighted by atomic mass is 10.0. The second-order valence-corrected chi connectivity index (χ2v) is 6.69. The Balaban J connectivity index is 2.15. The summed E-state index contributed by atoms with van der Waals surface area (Å²) in [5, 5.41) is 2.06. The van der Waals surface area contributed by atoms with Gasteiger partial charge in [0.1, 0.15) is 0 Å². The molecule has 1 aromatic carbocycles. The quantitative estimate of drug-likeness (QED) is 0.647. The number of methoxy groups -OCH3 is 1. The Bertz CT molecular complexity index is 642. The highest BCUT2D eigenvalue weighted by atomic mass is 79.9. The van der Waals surface area contributed by atoms with Crippen LogP contribution in [0.3, 0.4) is 0 Å². The predicted octanol–water partition coefficient (Wildman–Crippen LogP) is 3.51. The first kappa shape index (κ1) is 16.0. The molecule has 0 spiro atoms. The summed E-state index contributed by atoms with van der Waals surface area (Å²) >= 11 is 5.15. The summed E-state index contributed by atoms with van der Waals surface area (Å²) in [4.78, 5) is 15.3. The summed E-state index contributed by atoms with van der Waals surface area (Å²) in [5.41, 5.74) is 7.69. The highest BCUT2D eigenvalue weighted by Crippen LogP contribution is 2.23. The Hall–Kier alpha value is -1.37. The van der Waals surface area contributed by atoms with E-state index in [1.165, 1.54) is 12.0 Å². The second kappa shape index (κ2) is 7.06. The molecule has 21 heavy (non-hydrogen) atoms. The SMILES string of the molecule is COC(=O)c1c(N)cccc1CN(C)Cc1cc(Br)cs1. The van der Waals surface area contributed by atoms with Crippen molar-refractivity contribution in [2.75, 3.05) is 19.9 Å². The molecule has 0 radical (unpaired) electrons. The molecule has 0 aliphatic heterocycles. The van der Waals surface area contributed by atoms with Gasteiger partial charge in [-0.1, -0.05) is 12.1 Å². The molecule has 0 saturated heterocycles. The van der Waals surface area contributed by atoms with E-state index in [2.05, 4.69) is 32.3 Å². The molecule has 2 aromatic rings. The third-order valence-corrected chi connectivity index (χ3v) is 4.74. The lowest BCUT2D eigenvalue weighted by molar-refractivity contribution is 0.0599. The molecule has 0 saturated carbocycles. The Kier molecular flexibility index (Phi) is 5.39. The van der Waals surface area contributed by atoms with Crippen LogP contribution in [0.5, 0.6) is 0 Å². The van der Waals surface area contributed by atoms with Crippen molar-refractivity contribution in [3.05, 3.63) is 50.1 Å². The highest BCUT2D eigenvalue weighted by Gasteiger charge is 2.16. The number of rotatable bonds is 5. The molecule has 0 aliphatic carbocycles. The van der Waals surface area contributed by atoms with Crippen molar-refractivity contribution in [3.63, 3.8) is 0 Å². The number of esters is 1. The molecular formula is C15H17BrN2O2S. The van der Waals surface area contributed by atoms with E-state index in [1.807, 2.05) is 19.2 Å². The van der Waals surface area contributed by atoms with Crippen molar-refractivity contribution in [1.29, 1.82) is 0 Å². The monoisotopic (exact) mass is 368 g/mol. The van der Waals surface area contributed by atoms with E-state index in [9.17, 15) is 4.79 Å². The molecule has 0 unspecified atom stereocenters. The number of nitrogens with zero attached hydrogens (tertiary/aromatic N) is 1. The van der Waals surface area contributed by atoms with E-state index < -0.39 is 5.97 Å². The number of halogens is 1. The second-order valence-electron chi connectivity index (χ2n) is 4.78. The van der Waals surface area contributed by atoms with Gasteiger partial charge in [0.2, 0.25) is 0 Å². The van der Waals surface area contributed by atoms with Gasteiger partial charge in [0.05, 0.1) is 12.7 Å². The maximum absolute atomic E-state index is 11.9. The number of nitrogen functional groups attached to an aromatic ring is 1. The molecule has 112 valence electrons. The summed E-state index contributed by atoms with van der Waals surface area (Å²) in [7, 11) is 3.38. The van der Waals surface area contributed by atoms with Crippen LogP contribution in [-0.4, -0.2) is 25.0 Å². The highest BCUT2D eigenvalue weighted by molar-refractivity contribution is 9.10. The Morgan fingerprint density at radius 1 is 1.43 bits per heavy atom. The van der Waals surface area contributed by atoms with Crippen LogP contribution in [0.15, 0.2) is 34.1 Å². The maximum Gasteiger partial charge on any atom is 0.340 e. The van der Waals surface area contributed by atoms with Gasteiger partial charge in [-0.05, 0) is 40.7 Å². The van der Waals surface area contributed by atoms with E-state index in [-0.39, 0.29) is 0 Å². The van der Waals surface area contributed by atoms with Crippen LogP contribution in [0.1, 0.15) is 20.8 Å². The molecule has 1 heterocycles. The zero-order valence-electron chi connectivity index (χ0n) is 11.9. The largest absolute Gasteiger partial charge is 0.465 e. The fourth-order valence-electron chi connectivity index (χ4n) is 2.15. The van der Waals surface area contributed by atoms with Crippen molar-refractivity contribution < 1.29 is 9.53 Å². The first-order chi connectivity index (χ1) is 10.0. The summed E-state index contributed by atoms with van der Waals surface area (Å²) in [6, 6.07) is 7.57. The molecule has 0 bridgehead atoms. The first-order valence-corrected chi connectivity index (χ1v) is 8.05. The topological polar surface area (TPSA) is 55.6 Å². The third kappa shape index (κ3) is 4.06. The Morgan fingerprint density at radius 2 is 2.19 bits per heavy atom. The number of nitrogens with two attached hydrogens (primary N) is 1. The summed E-state index contributed by atoms with van der Waals surface area (Å²) < 4.78 is 5.91. The van der Waals surface area contributed by atoms with Crippen molar-refractivity contribution in [2.45, 2.75) is 13.1 Å². The van der Waals surface area contributed by atoms with Crippen LogP contribution in [0.2, 0.25) is 0 Å². The minimum Gasteiger partial charge on any atom is -0.465 e. The number of thiophene rings is 1. The van der Waals surface area contributed by atoms with Crippen molar-refractivity contribution >= 4 is 38.9 Å². The van der Waals surface area contributed by atoms with Gasteiger partial charge in [-0.15, -0.1) is 11.3 Å². The molecular weight excluding hydrogens is 352 g/mol. The molecule has 6 heteroatoms. The summed E-state index contributed by atoms with van der Waals surface area (Å²) in [6.07, 6.45) is 0. The number of benzene rings is 1. The molecule has 0 fully saturated rings. The van der Waals surface area contributed by atoms with Crippen LogP contribution in [0.25, 0.3) is 0 Å². The number of anilines is 1. The molecule has 1 aromatic heterocycles. The first-order valence-electron chi connectivity index (χ1n) is 6.38. The molecule has 0 amide bonds. The summed E-state index contributed by atoms with van der Waals surface area (Å²) in [6.45, 7) is 1.44. The van der Waals surface area contributed by atoms with Crippen molar-refractivity contribution in [2.24, 2.45) is 0 Å². The number of carbonyl (C=O) groups is 1. The van der Waals surface area contributed by atoms with Gasteiger partial charge in [-0.3, -0.25) is 4.90 Å². The van der Waals surface area contributed by atoms with Crippen LogP contribution < -0.4 is 5.73 Å². The number of hydrogen-bond acceptors (Lipinski definition) is 5. The lowest BCUT2D eigenvalue weighted by Crippen LogP contribution is -2.19. The molecule has 2 N–H and O–H groups in total. The minimum atomic E-state index is -0.393. The van der Waals surface area contributed by atoms with Crippen molar-refractivity contribution in [1.82, 2.24) is 4.90 Å². The average molecular weight is 369 g/mol. The van der Waals surface area contributed by atoms with E-state index >= 15 is 0 Å². The van der Waals surface area contributed by atoms with Crippen molar-refractivity contribution in [3.8, 4) is 0 Å². The van der Waals surface area contributed by atoms with Crippen LogP contribution in [0, 0.1) is 0 Å². The minimum absolute atomic E-state index is 0.393. The predicted molar refractivity (Wildman–Crippen MR) is 89.4 cm³/mol. The third-order valence-electron chi connectivity index (χ3n) is 3.06. The number of hydrogen-bond donors (Lipinski definition) is 1. The fraction of sp³-hybridized carbons (Fsp3) is 0.267. The van der Waals surface area contributed by atoms with Gasteiger partial charge in [0.15, 0.2) is 0 Å². The summed E-state index contributed by atoms with van der Waals surface area (Å²) in [5.74, 6) is -0.393. The average Bonchev–Trinajstić information content (AvgIpc) is 2.83. The normalized spacial score (nSPS) is 10.9. The van der Waals surface area contributed by atoms with E-state index in [0.29, 0.717) is 17.8 Å². The van der Waals surface area contributed by atoms with E-state index in [4.69, 9.17) is 10.5 Å². The van der Waals surface area contributed by atoms with Gasteiger partial charge >= 0.3 is 5.97 Å². The van der Waals surface area contributed by atoms with Gasteiger partial charge in [-0.25, -0.2) is 4.79 Å². The Morgan fingerprint density at radius 3 is 2.81 bits per heavy atom. The van der Waals surface area contributed by atoms with Gasteiger partial charge in [0.25, 0.3) is 0 Å². The lowest BCUT2D eigenvalue weighted by Gasteiger charge is -2.18. The van der Waals surface area contributed by atoms with Crippen LogP contribution >= 0.6 is 27.3 Å². The number of carbonyl (C=O) groups excluding carboxylic acids is 1. The van der Waals surface area contributed by atoms with Gasteiger partial charge in [-0.2, -0.15) is 0 Å². The molecule has 0 atom stereocenters. The molecule has 4 nitrogen and oxygen atoms in total. The van der Waals surface area contributed by atoms with Crippen LogP contribution in [0.4, 0.5) is 5.69 Å². The zero-order chi connectivity index (χ0) is 15.4. The fourth-order valence-corrected chi connectivity index (χ4v) is 3.68. The van der Waals surface area contributed by atoms with E-state index in [1.54, 1.807) is 17.4 Å². The van der Waals surface area contributed by atoms with Gasteiger partial charge < -0.3 is 10.5 Å². The number of ether oxygens (including phenoxy) is 1. The van der Waals surface area contributed by atoms with E-state index in [0.717, 1.165) is 16.6 Å². The van der Waals surface area contributed by atoms with Gasteiger partial charge in [0, 0.05) is 33.5 Å². The maximum atomic E-state index is 11.9. The molecule has 2 rings (SSSR count). The standard InChI is InChI=1S/C15H17BrN2O2S/c1-18(8-12-6-11(16)9-21-12)7-10-4-3-5-13(17)14(10)15(19)20-2/h3-6,9H,7-8,17H2,1-2H3. The Labute approximate surface area is 136 Å².